The standard InChI is InChI=1S/C20H30O6/c1-8-5-12(21)18(25)20(4)10(8)6-13-19(3)11(7-14(22)26-13)9(2)15(23)16(24)17(19)20/h8-13,15,17-18,21,23,25H,5-7H2,1-4H3. The zero-order valence-electron chi connectivity index (χ0n) is 15.9. The number of hydrogen-bond acceptors (Lipinski definition) is 6. The number of Topliss-reactive ketones (excluding diaryl/α,β-unsaturated/α-hetero) is 1. The van der Waals surface area contributed by atoms with Gasteiger partial charge in [-0.25, -0.2) is 0 Å². The molecule has 3 aliphatic carbocycles. The molecule has 1 heterocycles. The first kappa shape index (κ1) is 18.4. The number of aliphatic hydroxyl groups is 3. The lowest BCUT2D eigenvalue weighted by molar-refractivity contribution is -0.273. The van der Waals surface area contributed by atoms with Gasteiger partial charge in [-0.3, -0.25) is 9.59 Å². The molecule has 0 aromatic heterocycles. The number of carbonyl (C=O) groups is 2. The summed E-state index contributed by atoms with van der Waals surface area (Å²) in [5, 5.41) is 32.1. The number of ether oxygens (including phenoxy) is 1. The first-order chi connectivity index (χ1) is 12.0. The van der Waals surface area contributed by atoms with Crippen molar-refractivity contribution in [2.75, 3.05) is 0 Å². The van der Waals surface area contributed by atoms with E-state index in [0.717, 1.165) is 0 Å². The van der Waals surface area contributed by atoms with Crippen LogP contribution in [0.3, 0.4) is 0 Å². The normalized spacial score (nSPS) is 59.3. The summed E-state index contributed by atoms with van der Waals surface area (Å²) in [6.45, 7) is 7.73. The van der Waals surface area contributed by atoms with Gasteiger partial charge in [-0.2, -0.15) is 0 Å². The predicted octanol–water partition coefficient (Wildman–Crippen LogP) is 0.908. The van der Waals surface area contributed by atoms with Crippen LogP contribution in [0.1, 0.15) is 47.0 Å². The maximum Gasteiger partial charge on any atom is 0.306 e. The van der Waals surface area contributed by atoms with Gasteiger partial charge >= 0.3 is 5.97 Å². The second kappa shape index (κ2) is 5.52. The third kappa shape index (κ3) is 1.98. The summed E-state index contributed by atoms with van der Waals surface area (Å²) in [4.78, 5) is 25.6. The van der Waals surface area contributed by atoms with Crippen molar-refractivity contribution < 1.29 is 29.6 Å². The lowest BCUT2D eigenvalue weighted by Gasteiger charge is -2.68. The fourth-order valence-corrected chi connectivity index (χ4v) is 7.38. The topological polar surface area (TPSA) is 104 Å². The van der Waals surface area contributed by atoms with Gasteiger partial charge in [0.15, 0.2) is 5.78 Å². The molecule has 3 saturated carbocycles. The van der Waals surface area contributed by atoms with Crippen LogP contribution >= 0.6 is 0 Å². The molecule has 0 radical (unpaired) electrons. The molecule has 0 amide bonds. The lowest BCUT2D eigenvalue weighted by atomic mass is 9.37. The molecule has 26 heavy (non-hydrogen) atoms. The van der Waals surface area contributed by atoms with Gasteiger partial charge in [-0.1, -0.05) is 27.7 Å². The molecule has 146 valence electrons. The molecule has 11 unspecified atom stereocenters. The van der Waals surface area contributed by atoms with E-state index in [1.165, 1.54) is 0 Å². The van der Waals surface area contributed by atoms with E-state index in [-0.39, 0.29) is 47.9 Å². The van der Waals surface area contributed by atoms with E-state index >= 15 is 0 Å². The van der Waals surface area contributed by atoms with Crippen molar-refractivity contribution in [3.63, 3.8) is 0 Å². The fraction of sp³-hybridized carbons (Fsp3) is 0.900. The minimum Gasteiger partial charge on any atom is -0.462 e. The summed E-state index contributed by atoms with van der Waals surface area (Å²) in [6, 6.07) is 0. The largest absolute Gasteiger partial charge is 0.462 e. The third-order valence-corrected chi connectivity index (χ3v) is 8.67. The monoisotopic (exact) mass is 366 g/mol. The Morgan fingerprint density at radius 2 is 1.65 bits per heavy atom. The van der Waals surface area contributed by atoms with Crippen molar-refractivity contribution in [3.8, 4) is 0 Å². The molecule has 6 nitrogen and oxygen atoms in total. The van der Waals surface area contributed by atoms with Crippen LogP contribution in [-0.2, 0) is 14.3 Å². The molecule has 0 aromatic carbocycles. The number of hydrogen-bond donors (Lipinski definition) is 3. The Morgan fingerprint density at radius 3 is 2.31 bits per heavy atom. The number of aliphatic hydroxyl groups excluding tert-OH is 3. The molecular formula is C20H30O6. The summed E-state index contributed by atoms with van der Waals surface area (Å²) in [5.74, 6) is -1.65. The van der Waals surface area contributed by atoms with E-state index in [4.69, 9.17) is 4.74 Å². The molecule has 11 atom stereocenters. The van der Waals surface area contributed by atoms with Crippen LogP contribution in [0.4, 0.5) is 0 Å². The van der Waals surface area contributed by atoms with Crippen LogP contribution in [0.15, 0.2) is 0 Å². The van der Waals surface area contributed by atoms with Gasteiger partial charge < -0.3 is 20.1 Å². The molecule has 4 aliphatic rings. The molecule has 3 N–H and O–H groups in total. The van der Waals surface area contributed by atoms with E-state index in [2.05, 4.69) is 0 Å². The van der Waals surface area contributed by atoms with E-state index in [9.17, 15) is 24.9 Å². The zero-order chi connectivity index (χ0) is 19.2. The van der Waals surface area contributed by atoms with Gasteiger partial charge in [0.05, 0.1) is 12.2 Å². The second-order valence-electron chi connectivity index (χ2n) is 9.73. The van der Waals surface area contributed by atoms with Gasteiger partial charge in [0, 0.05) is 23.2 Å². The molecule has 1 saturated heterocycles. The number of rotatable bonds is 0. The first-order valence-corrected chi connectivity index (χ1v) is 9.81. The number of carbonyl (C=O) groups excluding carboxylic acids is 2. The number of ketones is 1. The highest BCUT2D eigenvalue weighted by Crippen LogP contribution is 2.68. The van der Waals surface area contributed by atoms with Crippen LogP contribution in [-0.4, -0.2) is 51.5 Å². The highest BCUT2D eigenvalue weighted by atomic mass is 16.5. The van der Waals surface area contributed by atoms with Crippen molar-refractivity contribution in [2.24, 2.45) is 40.4 Å². The Bertz CT molecular complexity index is 648. The molecule has 6 heteroatoms. The predicted molar refractivity (Wildman–Crippen MR) is 91.8 cm³/mol. The van der Waals surface area contributed by atoms with Gasteiger partial charge in [-0.05, 0) is 36.5 Å². The average molecular weight is 366 g/mol. The third-order valence-electron chi connectivity index (χ3n) is 8.67. The van der Waals surface area contributed by atoms with Gasteiger partial charge in [-0.15, -0.1) is 0 Å². The van der Waals surface area contributed by atoms with Gasteiger partial charge in [0.1, 0.15) is 12.2 Å². The van der Waals surface area contributed by atoms with Crippen LogP contribution in [0.5, 0.6) is 0 Å². The minimum atomic E-state index is -1.15. The summed E-state index contributed by atoms with van der Waals surface area (Å²) in [7, 11) is 0. The second-order valence-corrected chi connectivity index (χ2v) is 9.73. The lowest BCUT2D eigenvalue weighted by Crippen LogP contribution is -2.74. The quantitative estimate of drug-likeness (QED) is 0.551. The molecule has 0 aromatic rings. The van der Waals surface area contributed by atoms with Gasteiger partial charge in [0.2, 0.25) is 0 Å². The van der Waals surface area contributed by atoms with Crippen molar-refractivity contribution >= 4 is 11.8 Å². The Hall–Kier alpha value is -0.980. The van der Waals surface area contributed by atoms with E-state index in [1.54, 1.807) is 0 Å². The highest BCUT2D eigenvalue weighted by molar-refractivity contribution is 5.89. The van der Waals surface area contributed by atoms with Crippen LogP contribution < -0.4 is 0 Å². The Kier molecular flexibility index (Phi) is 3.90. The Morgan fingerprint density at radius 1 is 1.00 bits per heavy atom. The summed E-state index contributed by atoms with van der Waals surface area (Å²) in [5.41, 5.74) is -1.48. The van der Waals surface area contributed by atoms with Crippen LogP contribution in [0, 0.1) is 40.4 Å². The highest BCUT2D eigenvalue weighted by Gasteiger charge is 2.73. The van der Waals surface area contributed by atoms with E-state index in [1.807, 2.05) is 27.7 Å². The summed E-state index contributed by atoms with van der Waals surface area (Å²) < 4.78 is 5.75. The molecule has 0 spiro atoms. The Labute approximate surface area is 153 Å². The van der Waals surface area contributed by atoms with Crippen LogP contribution in [0.25, 0.3) is 0 Å². The number of esters is 1. The maximum atomic E-state index is 13.3. The van der Waals surface area contributed by atoms with Crippen molar-refractivity contribution in [1.82, 2.24) is 0 Å². The van der Waals surface area contributed by atoms with Crippen molar-refractivity contribution in [2.45, 2.75) is 71.4 Å². The SMILES string of the molecule is CC1CC(O)C(O)C2(C)C1CC1OC(=O)CC3C(C)C(O)C(=O)C2C13C. The zero-order valence-corrected chi connectivity index (χ0v) is 15.9. The molecule has 1 aliphatic heterocycles. The fourth-order valence-electron chi connectivity index (χ4n) is 7.38. The van der Waals surface area contributed by atoms with Crippen molar-refractivity contribution in [1.29, 1.82) is 0 Å². The van der Waals surface area contributed by atoms with E-state index in [0.29, 0.717) is 12.8 Å². The van der Waals surface area contributed by atoms with Crippen LogP contribution in [0.2, 0.25) is 0 Å². The summed E-state index contributed by atoms with van der Waals surface area (Å²) >= 11 is 0. The molecule has 0 bridgehead atoms. The molecule has 4 fully saturated rings. The van der Waals surface area contributed by atoms with Crippen molar-refractivity contribution in [3.05, 3.63) is 0 Å². The summed E-state index contributed by atoms with van der Waals surface area (Å²) in [6.07, 6.45) is -2.23. The smallest absolute Gasteiger partial charge is 0.306 e. The molecule has 4 rings (SSSR count). The van der Waals surface area contributed by atoms with Gasteiger partial charge in [0.25, 0.3) is 0 Å². The minimum absolute atomic E-state index is 0.0555. The average Bonchev–Trinajstić information content (AvgIpc) is 2.56. The number of fused-ring (bicyclic) bond motifs is 2. The Balaban J connectivity index is 1.91. The molecular weight excluding hydrogens is 336 g/mol. The maximum absolute atomic E-state index is 13.3. The first-order valence-electron chi connectivity index (χ1n) is 9.81. The van der Waals surface area contributed by atoms with E-state index < -0.39 is 35.1 Å².